The van der Waals surface area contributed by atoms with Crippen molar-refractivity contribution in [2.75, 3.05) is 19.8 Å². The van der Waals surface area contributed by atoms with Gasteiger partial charge >= 0.3 is 6.09 Å². The van der Waals surface area contributed by atoms with Gasteiger partial charge in [-0.15, -0.1) is 0 Å². The van der Waals surface area contributed by atoms with Crippen LogP contribution in [0.25, 0.3) is 0 Å². The van der Waals surface area contributed by atoms with Gasteiger partial charge in [0.25, 0.3) is 0 Å². The molecule has 1 rings (SSSR count). The van der Waals surface area contributed by atoms with Gasteiger partial charge in [-0.1, -0.05) is 26.7 Å². The molecule has 0 spiro atoms. The third-order valence-electron chi connectivity index (χ3n) is 3.61. The lowest BCUT2D eigenvalue weighted by molar-refractivity contribution is -0.0386. The average molecular weight is 300 g/mol. The van der Waals surface area contributed by atoms with Gasteiger partial charge in [-0.2, -0.15) is 0 Å². The van der Waals surface area contributed by atoms with Crippen LogP contribution in [0.1, 0.15) is 53.9 Å². The predicted molar refractivity (Wildman–Crippen MR) is 84.2 cm³/mol. The van der Waals surface area contributed by atoms with E-state index in [4.69, 9.17) is 15.2 Å². The zero-order valence-corrected chi connectivity index (χ0v) is 14.2. The molecule has 21 heavy (non-hydrogen) atoms. The molecule has 0 aromatic heterocycles. The molecule has 0 aromatic rings. The van der Waals surface area contributed by atoms with Crippen molar-refractivity contribution in [2.45, 2.75) is 71.6 Å². The standard InChI is InChI=1S/C16H32N2O3/c1-12(2)7-6-8-13(17)14-11-20-10-9-18(14)15(19)21-16(3,4)5/h12-14H,6-11,17H2,1-5H3. The third-order valence-corrected chi connectivity index (χ3v) is 3.61. The molecule has 0 radical (unpaired) electrons. The van der Waals surface area contributed by atoms with Crippen molar-refractivity contribution in [2.24, 2.45) is 11.7 Å². The predicted octanol–water partition coefficient (Wildman–Crippen LogP) is 2.78. The summed E-state index contributed by atoms with van der Waals surface area (Å²) < 4.78 is 11.0. The number of rotatable bonds is 5. The van der Waals surface area contributed by atoms with Crippen molar-refractivity contribution in [1.29, 1.82) is 0 Å². The molecular weight excluding hydrogens is 268 g/mol. The van der Waals surface area contributed by atoms with Gasteiger partial charge in [0.1, 0.15) is 5.60 Å². The van der Waals surface area contributed by atoms with E-state index in [1.54, 1.807) is 4.90 Å². The average Bonchev–Trinajstić information content (AvgIpc) is 2.36. The van der Waals surface area contributed by atoms with Crippen LogP contribution < -0.4 is 5.73 Å². The van der Waals surface area contributed by atoms with Crippen LogP contribution in [0, 0.1) is 5.92 Å². The van der Waals surface area contributed by atoms with Gasteiger partial charge in [0.05, 0.1) is 19.3 Å². The van der Waals surface area contributed by atoms with Gasteiger partial charge < -0.3 is 15.2 Å². The molecule has 0 saturated carbocycles. The van der Waals surface area contributed by atoms with Crippen LogP contribution in [-0.4, -0.2) is 48.4 Å². The highest BCUT2D eigenvalue weighted by atomic mass is 16.6. The largest absolute Gasteiger partial charge is 0.444 e. The van der Waals surface area contributed by atoms with Gasteiger partial charge in [-0.25, -0.2) is 4.79 Å². The Morgan fingerprint density at radius 2 is 2.05 bits per heavy atom. The molecule has 5 heteroatoms. The van der Waals surface area contributed by atoms with Crippen molar-refractivity contribution in [3.63, 3.8) is 0 Å². The van der Waals surface area contributed by atoms with Gasteiger partial charge in [0.15, 0.2) is 0 Å². The molecule has 5 nitrogen and oxygen atoms in total. The SMILES string of the molecule is CC(C)CCCC(N)C1COCCN1C(=O)OC(C)(C)C. The number of hydrogen-bond acceptors (Lipinski definition) is 4. The molecule has 0 aromatic carbocycles. The monoisotopic (exact) mass is 300 g/mol. The van der Waals surface area contributed by atoms with Crippen LogP contribution >= 0.6 is 0 Å². The summed E-state index contributed by atoms with van der Waals surface area (Å²) in [6, 6.07) is -0.141. The van der Waals surface area contributed by atoms with E-state index >= 15 is 0 Å². The highest BCUT2D eigenvalue weighted by molar-refractivity contribution is 5.68. The van der Waals surface area contributed by atoms with Crippen molar-refractivity contribution < 1.29 is 14.3 Å². The maximum absolute atomic E-state index is 12.3. The van der Waals surface area contributed by atoms with Gasteiger partial charge in [-0.05, 0) is 33.1 Å². The Labute approximate surface area is 129 Å². The third kappa shape index (κ3) is 6.66. The summed E-state index contributed by atoms with van der Waals surface area (Å²) in [5.74, 6) is 0.682. The van der Waals surface area contributed by atoms with Crippen molar-refractivity contribution in [1.82, 2.24) is 4.90 Å². The Balaban J connectivity index is 2.57. The molecule has 1 fully saturated rings. The topological polar surface area (TPSA) is 64.8 Å². The minimum Gasteiger partial charge on any atom is -0.444 e. The normalized spacial score (nSPS) is 21.5. The zero-order valence-electron chi connectivity index (χ0n) is 14.2. The van der Waals surface area contributed by atoms with E-state index in [2.05, 4.69) is 13.8 Å². The second-order valence-corrected chi connectivity index (χ2v) is 7.30. The molecular formula is C16H32N2O3. The molecule has 1 saturated heterocycles. The van der Waals surface area contributed by atoms with Gasteiger partial charge in [0.2, 0.25) is 0 Å². The van der Waals surface area contributed by atoms with Gasteiger partial charge in [0, 0.05) is 12.6 Å². The van der Waals surface area contributed by atoms with E-state index in [1.807, 2.05) is 20.8 Å². The van der Waals surface area contributed by atoms with Crippen LogP contribution in [0.2, 0.25) is 0 Å². The quantitative estimate of drug-likeness (QED) is 0.848. The number of carbonyl (C=O) groups is 1. The Kier molecular flexibility index (Phi) is 6.94. The molecule has 1 aliphatic heterocycles. The van der Waals surface area contributed by atoms with E-state index in [1.165, 1.54) is 0 Å². The lowest BCUT2D eigenvalue weighted by Gasteiger charge is -2.39. The van der Waals surface area contributed by atoms with Crippen LogP contribution in [-0.2, 0) is 9.47 Å². The summed E-state index contributed by atoms with van der Waals surface area (Å²) in [6.45, 7) is 11.7. The second kappa shape index (κ2) is 7.99. The molecule has 0 aliphatic carbocycles. The number of nitrogens with two attached hydrogens (primary N) is 1. The van der Waals surface area contributed by atoms with Crippen molar-refractivity contribution in [3.05, 3.63) is 0 Å². The minimum absolute atomic E-state index is 0.0587. The van der Waals surface area contributed by atoms with E-state index in [-0.39, 0.29) is 18.2 Å². The summed E-state index contributed by atoms with van der Waals surface area (Å²) in [6.07, 6.45) is 2.87. The Bertz CT molecular complexity index is 326. The number of nitrogens with zero attached hydrogens (tertiary/aromatic N) is 1. The Morgan fingerprint density at radius 1 is 1.38 bits per heavy atom. The van der Waals surface area contributed by atoms with E-state index in [0.29, 0.717) is 25.7 Å². The lowest BCUT2D eigenvalue weighted by Crippen LogP contribution is -2.57. The highest BCUT2D eigenvalue weighted by Gasteiger charge is 2.34. The number of morpholine rings is 1. The smallest absolute Gasteiger partial charge is 0.410 e. The first-order chi connectivity index (χ1) is 9.70. The van der Waals surface area contributed by atoms with Crippen LogP contribution in [0.3, 0.4) is 0 Å². The molecule has 0 bridgehead atoms. The summed E-state index contributed by atoms with van der Waals surface area (Å²) in [4.78, 5) is 14.0. The summed E-state index contributed by atoms with van der Waals surface area (Å²) in [5, 5.41) is 0. The fourth-order valence-corrected chi connectivity index (χ4v) is 2.48. The zero-order chi connectivity index (χ0) is 16.0. The number of ether oxygens (including phenoxy) is 2. The fraction of sp³-hybridized carbons (Fsp3) is 0.938. The minimum atomic E-state index is -0.484. The highest BCUT2D eigenvalue weighted by Crippen LogP contribution is 2.19. The van der Waals surface area contributed by atoms with Crippen LogP contribution in [0.15, 0.2) is 0 Å². The van der Waals surface area contributed by atoms with Gasteiger partial charge in [-0.3, -0.25) is 4.90 Å². The fourth-order valence-electron chi connectivity index (χ4n) is 2.48. The first kappa shape index (κ1) is 18.2. The Morgan fingerprint density at radius 3 is 2.62 bits per heavy atom. The van der Waals surface area contributed by atoms with E-state index in [0.717, 1.165) is 19.3 Å². The van der Waals surface area contributed by atoms with Crippen molar-refractivity contribution in [3.8, 4) is 0 Å². The molecule has 1 heterocycles. The number of carbonyl (C=O) groups excluding carboxylic acids is 1. The van der Waals surface area contributed by atoms with E-state index in [9.17, 15) is 4.79 Å². The molecule has 2 atom stereocenters. The lowest BCUT2D eigenvalue weighted by atomic mass is 9.98. The van der Waals surface area contributed by atoms with E-state index < -0.39 is 5.60 Å². The first-order valence-corrected chi connectivity index (χ1v) is 8.03. The molecule has 1 amide bonds. The van der Waals surface area contributed by atoms with Crippen molar-refractivity contribution >= 4 is 6.09 Å². The molecule has 1 aliphatic rings. The summed E-state index contributed by atoms with van der Waals surface area (Å²) in [5.41, 5.74) is 5.81. The summed E-state index contributed by atoms with van der Waals surface area (Å²) >= 11 is 0. The first-order valence-electron chi connectivity index (χ1n) is 8.03. The number of hydrogen-bond donors (Lipinski definition) is 1. The Hall–Kier alpha value is -0.810. The van der Waals surface area contributed by atoms with Crippen LogP contribution in [0.5, 0.6) is 0 Å². The molecule has 2 unspecified atom stereocenters. The molecule has 124 valence electrons. The maximum atomic E-state index is 12.3. The number of amides is 1. The summed E-state index contributed by atoms with van der Waals surface area (Å²) in [7, 11) is 0. The maximum Gasteiger partial charge on any atom is 0.410 e. The molecule has 2 N–H and O–H groups in total. The second-order valence-electron chi connectivity index (χ2n) is 7.30. The van der Waals surface area contributed by atoms with Crippen LogP contribution in [0.4, 0.5) is 4.79 Å².